The van der Waals surface area contributed by atoms with E-state index in [1.54, 1.807) is 0 Å². The molecular weight excluding hydrogens is 302 g/mol. The Labute approximate surface area is 140 Å². The molecule has 0 saturated carbocycles. The van der Waals surface area contributed by atoms with Crippen molar-refractivity contribution in [3.63, 3.8) is 0 Å². The van der Waals surface area contributed by atoms with Gasteiger partial charge in [-0.3, -0.25) is 4.99 Å². The first kappa shape index (κ1) is 14.3. The summed E-state index contributed by atoms with van der Waals surface area (Å²) < 4.78 is 1.96. The molecule has 0 saturated heterocycles. The lowest BCUT2D eigenvalue weighted by Crippen LogP contribution is -1.94. The minimum Gasteiger partial charge on any atom is -0.277 e. The first-order valence-electron chi connectivity index (χ1n) is 7.71. The monoisotopic (exact) mass is 319 g/mol. The molecule has 4 rings (SSSR count). The van der Waals surface area contributed by atoms with E-state index in [1.807, 2.05) is 34.6 Å². The summed E-state index contributed by atoms with van der Waals surface area (Å²) in [7, 11) is 0. The molecular formula is C19H17N3S. The summed E-state index contributed by atoms with van der Waals surface area (Å²) in [5.41, 5.74) is 5.57. The van der Waals surface area contributed by atoms with Crippen molar-refractivity contribution in [2.45, 2.75) is 6.92 Å². The van der Waals surface area contributed by atoms with Crippen LogP contribution in [0.5, 0.6) is 0 Å². The van der Waals surface area contributed by atoms with Gasteiger partial charge in [0, 0.05) is 24.1 Å². The normalized spacial score (nSPS) is 14.0. The third kappa shape index (κ3) is 2.82. The lowest BCUT2D eigenvalue weighted by molar-refractivity contribution is 0.883. The van der Waals surface area contributed by atoms with Crippen LogP contribution in [0.3, 0.4) is 0 Å². The van der Waals surface area contributed by atoms with Gasteiger partial charge < -0.3 is 0 Å². The second-order valence-corrected chi connectivity index (χ2v) is 6.66. The van der Waals surface area contributed by atoms with Crippen LogP contribution >= 0.6 is 11.8 Å². The third-order valence-corrected chi connectivity index (χ3v) is 4.89. The third-order valence-electron chi connectivity index (χ3n) is 3.88. The molecule has 0 atom stereocenters. The van der Waals surface area contributed by atoms with Crippen molar-refractivity contribution in [1.82, 2.24) is 9.78 Å². The highest BCUT2D eigenvalue weighted by atomic mass is 32.2. The predicted octanol–water partition coefficient (Wildman–Crippen LogP) is 4.34. The molecule has 4 heteroatoms. The Morgan fingerprint density at radius 3 is 2.48 bits per heavy atom. The van der Waals surface area contributed by atoms with E-state index in [4.69, 9.17) is 5.10 Å². The topological polar surface area (TPSA) is 30.2 Å². The summed E-state index contributed by atoms with van der Waals surface area (Å²) in [4.78, 5) is 4.64. The number of nitrogens with zero attached hydrogens (tertiary/aromatic N) is 3. The Hall–Kier alpha value is -2.33. The van der Waals surface area contributed by atoms with Crippen LogP contribution in [0.25, 0.3) is 16.9 Å². The van der Waals surface area contributed by atoms with Crippen LogP contribution in [-0.4, -0.2) is 27.1 Å². The quantitative estimate of drug-likeness (QED) is 0.719. The number of hydrogen-bond donors (Lipinski definition) is 0. The number of aryl methyl sites for hydroxylation is 1. The Kier molecular flexibility index (Phi) is 3.75. The highest BCUT2D eigenvalue weighted by Crippen LogP contribution is 2.29. The minimum atomic E-state index is 0.893. The van der Waals surface area contributed by atoms with Crippen molar-refractivity contribution in [3.8, 4) is 16.9 Å². The molecule has 0 spiro atoms. The van der Waals surface area contributed by atoms with Gasteiger partial charge >= 0.3 is 0 Å². The maximum absolute atomic E-state index is 4.85. The lowest BCUT2D eigenvalue weighted by atomic mass is 10.1. The molecule has 0 bridgehead atoms. The van der Waals surface area contributed by atoms with Crippen LogP contribution in [0.1, 0.15) is 11.1 Å². The zero-order valence-corrected chi connectivity index (χ0v) is 13.8. The van der Waals surface area contributed by atoms with Crippen LogP contribution in [0, 0.1) is 6.92 Å². The zero-order valence-electron chi connectivity index (χ0n) is 12.9. The van der Waals surface area contributed by atoms with Gasteiger partial charge in [0.25, 0.3) is 0 Å². The van der Waals surface area contributed by atoms with Crippen LogP contribution in [0.2, 0.25) is 0 Å². The maximum atomic E-state index is 4.85. The van der Waals surface area contributed by atoms with Gasteiger partial charge in [-0.1, -0.05) is 48.0 Å². The first-order chi connectivity index (χ1) is 11.3. The predicted molar refractivity (Wildman–Crippen MR) is 97.6 cm³/mol. The fraction of sp³-hybridized carbons (Fsp3) is 0.158. The fourth-order valence-corrected chi connectivity index (χ4v) is 3.53. The molecule has 0 amide bonds. The van der Waals surface area contributed by atoms with Crippen molar-refractivity contribution in [2.75, 3.05) is 12.3 Å². The lowest BCUT2D eigenvalue weighted by Gasteiger charge is -2.01. The standard InChI is InChI=1S/C19H17N3S/c1-14-7-9-16(10-8-14)22-13-17(19-20-11-12-23-19)18(21-22)15-5-3-2-4-6-15/h2-10,13H,11-12H2,1H3. The van der Waals surface area contributed by atoms with Crippen molar-refractivity contribution in [3.05, 3.63) is 71.9 Å². The van der Waals surface area contributed by atoms with Crippen molar-refractivity contribution in [2.24, 2.45) is 4.99 Å². The molecule has 1 aromatic heterocycles. The maximum Gasteiger partial charge on any atom is 0.103 e. The largest absolute Gasteiger partial charge is 0.277 e. The van der Waals surface area contributed by atoms with E-state index in [2.05, 4.69) is 54.5 Å². The van der Waals surface area contributed by atoms with Crippen molar-refractivity contribution in [1.29, 1.82) is 0 Å². The van der Waals surface area contributed by atoms with Gasteiger partial charge in [0.05, 0.1) is 11.3 Å². The molecule has 0 N–H and O–H groups in total. The second-order valence-electron chi connectivity index (χ2n) is 5.57. The van der Waals surface area contributed by atoms with Crippen molar-refractivity contribution >= 4 is 16.8 Å². The molecule has 1 aliphatic rings. The van der Waals surface area contributed by atoms with Gasteiger partial charge in [-0.25, -0.2) is 4.68 Å². The molecule has 114 valence electrons. The van der Waals surface area contributed by atoms with Gasteiger partial charge in [-0.2, -0.15) is 5.10 Å². The average molecular weight is 319 g/mol. The van der Waals surface area contributed by atoms with Crippen molar-refractivity contribution < 1.29 is 0 Å². The van der Waals surface area contributed by atoms with E-state index in [0.717, 1.165) is 39.8 Å². The van der Waals surface area contributed by atoms with E-state index < -0.39 is 0 Å². The summed E-state index contributed by atoms with van der Waals surface area (Å²) >= 11 is 1.81. The number of hydrogen-bond acceptors (Lipinski definition) is 3. The highest BCUT2D eigenvalue weighted by molar-refractivity contribution is 8.14. The van der Waals surface area contributed by atoms with Crippen LogP contribution in [0.15, 0.2) is 65.8 Å². The van der Waals surface area contributed by atoms with E-state index in [-0.39, 0.29) is 0 Å². The Morgan fingerprint density at radius 1 is 1.00 bits per heavy atom. The van der Waals surface area contributed by atoms with Gasteiger partial charge in [-0.05, 0) is 19.1 Å². The van der Waals surface area contributed by atoms with Gasteiger partial charge in [0.15, 0.2) is 0 Å². The number of rotatable bonds is 3. The molecule has 0 aliphatic carbocycles. The second kappa shape index (κ2) is 6.05. The molecule has 23 heavy (non-hydrogen) atoms. The fourth-order valence-electron chi connectivity index (χ4n) is 2.67. The van der Waals surface area contributed by atoms with Crippen LogP contribution in [0.4, 0.5) is 0 Å². The molecule has 0 fully saturated rings. The summed E-state index contributed by atoms with van der Waals surface area (Å²) in [5, 5.41) is 5.95. The minimum absolute atomic E-state index is 0.893. The SMILES string of the molecule is Cc1ccc(-n2cc(C3=NCCS3)c(-c3ccccc3)n2)cc1. The Morgan fingerprint density at radius 2 is 1.78 bits per heavy atom. The van der Waals surface area contributed by atoms with E-state index in [1.165, 1.54) is 5.56 Å². The summed E-state index contributed by atoms with van der Waals surface area (Å²) in [6.45, 7) is 2.99. The van der Waals surface area contributed by atoms with Crippen LogP contribution < -0.4 is 0 Å². The number of aromatic nitrogens is 2. The van der Waals surface area contributed by atoms with E-state index in [0.29, 0.717) is 0 Å². The number of aliphatic imine (C=N–C) groups is 1. The van der Waals surface area contributed by atoms with Gasteiger partial charge in [0.2, 0.25) is 0 Å². The van der Waals surface area contributed by atoms with Gasteiger partial charge in [0.1, 0.15) is 10.7 Å². The molecule has 2 heterocycles. The molecule has 2 aromatic carbocycles. The first-order valence-corrected chi connectivity index (χ1v) is 8.69. The van der Waals surface area contributed by atoms with Crippen LogP contribution in [-0.2, 0) is 0 Å². The number of benzene rings is 2. The summed E-state index contributed by atoms with van der Waals surface area (Å²) in [5.74, 6) is 1.05. The number of thioether (sulfide) groups is 1. The Balaban J connectivity index is 1.85. The molecule has 3 nitrogen and oxygen atoms in total. The molecule has 0 radical (unpaired) electrons. The smallest absolute Gasteiger partial charge is 0.103 e. The zero-order chi connectivity index (χ0) is 15.6. The molecule has 0 unspecified atom stereocenters. The molecule has 1 aliphatic heterocycles. The summed E-state index contributed by atoms with van der Waals surface area (Å²) in [6.07, 6.45) is 2.10. The highest BCUT2D eigenvalue weighted by Gasteiger charge is 2.19. The summed E-state index contributed by atoms with van der Waals surface area (Å²) in [6, 6.07) is 18.8. The van der Waals surface area contributed by atoms with E-state index in [9.17, 15) is 0 Å². The van der Waals surface area contributed by atoms with E-state index >= 15 is 0 Å². The van der Waals surface area contributed by atoms with Gasteiger partial charge in [-0.15, -0.1) is 11.8 Å². The molecule has 3 aromatic rings. The average Bonchev–Trinajstić information content (AvgIpc) is 3.26. The Bertz CT molecular complexity index is 848.